The van der Waals surface area contributed by atoms with Gasteiger partial charge in [-0.3, -0.25) is 0 Å². The molecule has 0 N–H and O–H groups in total. The van der Waals surface area contributed by atoms with Crippen molar-refractivity contribution < 1.29 is 14.2 Å². The summed E-state index contributed by atoms with van der Waals surface area (Å²) in [7, 11) is 1.53. The number of fused-ring (bicyclic) bond motifs is 1. The highest BCUT2D eigenvalue weighted by Gasteiger charge is 2.14. The van der Waals surface area contributed by atoms with Crippen LogP contribution < -0.4 is 14.2 Å². The van der Waals surface area contributed by atoms with E-state index in [1.54, 1.807) is 18.2 Å². The molecule has 28 heavy (non-hydrogen) atoms. The molecule has 0 fully saturated rings. The first-order valence-corrected chi connectivity index (χ1v) is 9.32. The summed E-state index contributed by atoms with van der Waals surface area (Å²) >= 11 is 0. The van der Waals surface area contributed by atoms with Crippen molar-refractivity contribution in [2.75, 3.05) is 13.7 Å². The van der Waals surface area contributed by atoms with Crippen molar-refractivity contribution in [3.63, 3.8) is 0 Å². The Bertz CT molecular complexity index is 972. The molecule has 1 heterocycles. The number of benzene rings is 2. The summed E-state index contributed by atoms with van der Waals surface area (Å²) in [6.45, 7) is 5.03. The van der Waals surface area contributed by atoms with E-state index in [-0.39, 0.29) is 12.3 Å². The molecule has 0 aliphatic carbocycles. The molecule has 6 heteroatoms. The first-order chi connectivity index (χ1) is 13.7. The molecule has 0 saturated heterocycles. The topological polar surface area (TPSA) is 70.0 Å². The van der Waals surface area contributed by atoms with E-state index in [1.165, 1.54) is 7.11 Å². The summed E-state index contributed by atoms with van der Waals surface area (Å²) in [6, 6.07) is 12.8. The second-order valence-corrected chi connectivity index (χ2v) is 6.48. The molecule has 0 amide bonds. The van der Waals surface area contributed by atoms with Crippen LogP contribution in [-0.4, -0.2) is 18.7 Å². The van der Waals surface area contributed by atoms with Gasteiger partial charge < -0.3 is 14.2 Å². The molecule has 146 valence electrons. The van der Waals surface area contributed by atoms with Crippen LogP contribution in [-0.2, 0) is 6.61 Å². The van der Waals surface area contributed by atoms with Crippen LogP contribution >= 0.6 is 0 Å². The Balaban J connectivity index is 1.90. The number of para-hydroxylation sites is 1. The molecule has 0 aliphatic heterocycles. The van der Waals surface area contributed by atoms with E-state index in [9.17, 15) is 4.91 Å². The maximum absolute atomic E-state index is 10.9. The van der Waals surface area contributed by atoms with Gasteiger partial charge in [0.2, 0.25) is 0 Å². The Labute approximate surface area is 164 Å². The van der Waals surface area contributed by atoms with Gasteiger partial charge in [0.25, 0.3) is 0 Å². The third-order valence-electron chi connectivity index (χ3n) is 4.50. The lowest BCUT2D eigenvalue weighted by Gasteiger charge is -2.16. The first-order valence-electron chi connectivity index (χ1n) is 9.32. The molecular formula is C22H24N2O4. The molecule has 0 radical (unpaired) electrons. The lowest BCUT2D eigenvalue weighted by molar-refractivity contribution is 0.291. The number of aromatic nitrogens is 1. The van der Waals surface area contributed by atoms with Crippen molar-refractivity contribution in [1.29, 1.82) is 0 Å². The number of hydrogen-bond acceptors (Lipinski definition) is 6. The van der Waals surface area contributed by atoms with Crippen molar-refractivity contribution in [3.8, 4) is 17.2 Å². The Kier molecular flexibility index (Phi) is 6.42. The predicted octanol–water partition coefficient (Wildman–Crippen LogP) is 5.71. The molecule has 2 aromatic carbocycles. The zero-order valence-corrected chi connectivity index (χ0v) is 16.4. The number of rotatable bonds is 9. The molecule has 0 bridgehead atoms. The van der Waals surface area contributed by atoms with Crippen molar-refractivity contribution in [2.45, 2.75) is 33.3 Å². The number of pyridine rings is 1. The van der Waals surface area contributed by atoms with Crippen LogP contribution in [0.5, 0.6) is 17.2 Å². The van der Waals surface area contributed by atoms with Gasteiger partial charge in [-0.2, -0.15) is 0 Å². The third kappa shape index (κ3) is 4.39. The smallest absolute Gasteiger partial charge is 0.133 e. The Morgan fingerprint density at radius 2 is 1.86 bits per heavy atom. The highest BCUT2D eigenvalue weighted by molar-refractivity contribution is 5.86. The van der Waals surface area contributed by atoms with E-state index >= 15 is 0 Å². The number of unbranched alkanes of at least 4 members (excludes halogenated alkanes) is 1. The van der Waals surface area contributed by atoms with Crippen LogP contribution in [0, 0.1) is 11.8 Å². The molecule has 3 rings (SSSR count). The molecule has 6 nitrogen and oxygen atoms in total. The van der Waals surface area contributed by atoms with Gasteiger partial charge in [0.05, 0.1) is 24.9 Å². The summed E-state index contributed by atoms with van der Waals surface area (Å²) in [6.07, 6.45) is 2.06. The Morgan fingerprint density at radius 1 is 1.07 bits per heavy atom. The third-order valence-corrected chi connectivity index (χ3v) is 4.50. The lowest BCUT2D eigenvalue weighted by Crippen LogP contribution is -2.06. The average Bonchev–Trinajstić information content (AvgIpc) is 2.73. The second-order valence-electron chi connectivity index (χ2n) is 6.48. The molecule has 0 atom stereocenters. The quantitative estimate of drug-likeness (QED) is 0.351. The van der Waals surface area contributed by atoms with Gasteiger partial charge in [-0.25, -0.2) is 4.98 Å². The number of nitroso groups, excluding NO2 is 1. The largest absolute Gasteiger partial charge is 0.497 e. The molecule has 0 spiro atoms. The van der Waals surface area contributed by atoms with Gasteiger partial charge in [-0.05, 0) is 30.7 Å². The fourth-order valence-electron chi connectivity index (χ4n) is 2.93. The van der Waals surface area contributed by atoms with Crippen LogP contribution in [0.1, 0.15) is 31.0 Å². The first kappa shape index (κ1) is 19.6. The van der Waals surface area contributed by atoms with E-state index in [0.717, 1.165) is 40.8 Å². The summed E-state index contributed by atoms with van der Waals surface area (Å²) < 4.78 is 17.2. The van der Waals surface area contributed by atoms with Crippen LogP contribution in [0.25, 0.3) is 10.9 Å². The zero-order valence-electron chi connectivity index (χ0n) is 16.4. The van der Waals surface area contributed by atoms with Crippen LogP contribution in [0.3, 0.4) is 0 Å². The number of ether oxygens (including phenoxy) is 3. The average molecular weight is 380 g/mol. The maximum Gasteiger partial charge on any atom is 0.133 e. The van der Waals surface area contributed by atoms with E-state index in [4.69, 9.17) is 19.2 Å². The van der Waals surface area contributed by atoms with E-state index in [1.807, 2.05) is 31.2 Å². The molecule has 3 aromatic rings. The van der Waals surface area contributed by atoms with Gasteiger partial charge in [-0.15, -0.1) is 4.91 Å². The van der Waals surface area contributed by atoms with Gasteiger partial charge in [0.15, 0.2) is 0 Å². The minimum Gasteiger partial charge on any atom is -0.497 e. The molecule has 0 unspecified atom stereocenters. The van der Waals surface area contributed by atoms with Crippen molar-refractivity contribution >= 4 is 16.6 Å². The van der Waals surface area contributed by atoms with Crippen LogP contribution in [0.4, 0.5) is 5.69 Å². The highest BCUT2D eigenvalue weighted by atomic mass is 16.5. The van der Waals surface area contributed by atoms with Gasteiger partial charge in [0, 0.05) is 29.1 Å². The van der Waals surface area contributed by atoms with Gasteiger partial charge in [-0.1, -0.05) is 25.5 Å². The standard InChI is InChI=1S/C22H24N2O4/c1-4-5-10-27-22-15(2)21(23-20-9-7-6-8-19(20)22)14-28-18-12-16(24-25)11-17(13-18)26-3/h6-9,11-13H,4-5,10,14H2,1-3H3. The van der Waals surface area contributed by atoms with E-state index in [2.05, 4.69) is 12.1 Å². The fraction of sp³-hybridized carbons (Fsp3) is 0.318. The zero-order chi connectivity index (χ0) is 19.9. The predicted molar refractivity (Wildman–Crippen MR) is 110 cm³/mol. The maximum atomic E-state index is 10.9. The summed E-state index contributed by atoms with van der Waals surface area (Å²) in [5, 5.41) is 3.96. The Hall–Kier alpha value is -3.15. The minimum atomic E-state index is 0.242. The van der Waals surface area contributed by atoms with Gasteiger partial charge >= 0.3 is 0 Å². The summed E-state index contributed by atoms with van der Waals surface area (Å²) in [5.41, 5.74) is 2.85. The van der Waals surface area contributed by atoms with E-state index in [0.29, 0.717) is 18.1 Å². The minimum absolute atomic E-state index is 0.242. The molecule has 0 aliphatic rings. The SMILES string of the molecule is CCCCOc1c(C)c(COc2cc(N=O)cc(OC)c2)nc2ccccc12. The summed E-state index contributed by atoms with van der Waals surface area (Å²) in [5.74, 6) is 1.86. The highest BCUT2D eigenvalue weighted by Crippen LogP contribution is 2.32. The monoisotopic (exact) mass is 380 g/mol. The van der Waals surface area contributed by atoms with Crippen molar-refractivity contribution in [3.05, 3.63) is 58.6 Å². The number of nitrogens with zero attached hydrogens (tertiary/aromatic N) is 2. The van der Waals surface area contributed by atoms with E-state index < -0.39 is 0 Å². The second kappa shape index (κ2) is 9.17. The summed E-state index contributed by atoms with van der Waals surface area (Å²) in [4.78, 5) is 15.6. The number of hydrogen-bond donors (Lipinski definition) is 0. The normalized spacial score (nSPS) is 10.7. The van der Waals surface area contributed by atoms with Crippen LogP contribution in [0.2, 0.25) is 0 Å². The molecular weight excluding hydrogens is 356 g/mol. The van der Waals surface area contributed by atoms with Crippen molar-refractivity contribution in [2.24, 2.45) is 5.18 Å². The van der Waals surface area contributed by atoms with Crippen LogP contribution in [0.15, 0.2) is 47.6 Å². The van der Waals surface area contributed by atoms with Gasteiger partial charge in [0.1, 0.15) is 29.5 Å². The molecule has 1 aromatic heterocycles. The molecule has 0 saturated carbocycles. The van der Waals surface area contributed by atoms with Crippen molar-refractivity contribution in [1.82, 2.24) is 4.98 Å². The lowest BCUT2D eigenvalue weighted by atomic mass is 10.1. The number of methoxy groups -OCH3 is 1. The fourth-order valence-corrected chi connectivity index (χ4v) is 2.93. The Morgan fingerprint density at radius 3 is 2.61 bits per heavy atom.